The average molecular weight is 489 g/mol. The number of benzene rings is 4. The summed E-state index contributed by atoms with van der Waals surface area (Å²) in [6, 6.07) is 27.5. The summed E-state index contributed by atoms with van der Waals surface area (Å²) in [7, 11) is -3.94. The number of fused-ring (bicyclic) bond motifs is 1. The van der Waals surface area contributed by atoms with Gasteiger partial charge in [0.15, 0.2) is 0 Å². The number of ether oxygens (including phenoxy) is 1. The van der Waals surface area contributed by atoms with E-state index < -0.39 is 15.9 Å². The molecule has 1 amide bonds. The Kier molecular flexibility index (Phi) is 7.36. The summed E-state index contributed by atoms with van der Waals surface area (Å²) in [6.07, 6.45) is 0. The van der Waals surface area contributed by atoms with E-state index in [-0.39, 0.29) is 24.6 Å². The summed E-state index contributed by atoms with van der Waals surface area (Å²) in [5, 5.41) is 4.97. The van der Waals surface area contributed by atoms with Gasteiger partial charge in [-0.15, -0.1) is 0 Å². The van der Waals surface area contributed by atoms with E-state index in [0.29, 0.717) is 11.4 Å². The van der Waals surface area contributed by atoms with Gasteiger partial charge < -0.3 is 10.1 Å². The number of hydrogen-bond acceptors (Lipinski definition) is 4. The van der Waals surface area contributed by atoms with Crippen LogP contribution in [0.15, 0.2) is 95.9 Å². The zero-order chi connectivity index (χ0) is 24.8. The molecule has 35 heavy (non-hydrogen) atoms. The summed E-state index contributed by atoms with van der Waals surface area (Å²) in [5.74, 6) is 0.297. The predicted molar refractivity (Wildman–Crippen MR) is 139 cm³/mol. The SMILES string of the molecule is Cc1ccc(S(=O)(=O)N(CC(=O)NCCOc2ccc3ccccc3c2)c2cccc(C)c2)cc1. The van der Waals surface area contributed by atoms with Crippen molar-refractivity contribution in [3.8, 4) is 5.75 Å². The summed E-state index contributed by atoms with van der Waals surface area (Å²) in [5.41, 5.74) is 2.29. The summed E-state index contributed by atoms with van der Waals surface area (Å²) in [4.78, 5) is 12.9. The highest BCUT2D eigenvalue weighted by Crippen LogP contribution is 2.25. The lowest BCUT2D eigenvalue weighted by atomic mass is 10.1. The first-order valence-corrected chi connectivity index (χ1v) is 12.8. The van der Waals surface area contributed by atoms with E-state index >= 15 is 0 Å². The molecule has 0 saturated carbocycles. The van der Waals surface area contributed by atoms with Crippen molar-refractivity contribution in [1.82, 2.24) is 5.32 Å². The van der Waals surface area contributed by atoms with Gasteiger partial charge in [-0.3, -0.25) is 9.10 Å². The lowest BCUT2D eigenvalue weighted by Gasteiger charge is -2.24. The van der Waals surface area contributed by atoms with Gasteiger partial charge in [0.1, 0.15) is 18.9 Å². The van der Waals surface area contributed by atoms with Crippen molar-refractivity contribution >= 4 is 32.4 Å². The summed E-state index contributed by atoms with van der Waals surface area (Å²) >= 11 is 0. The van der Waals surface area contributed by atoms with Gasteiger partial charge in [-0.05, 0) is 66.6 Å². The van der Waals surface area contributed by atoms with Gasteiger partial charge in [0, 0.05) is 0 Å². The Morgan fingerprint density at radius 1 is 0.829 bits per heavy atom. The minimum Gasteiger partial charge on any atom is -0.492 e. The van der Waals surface area contributed by atoms with E-state index in [0.717, 1.165) is 26.2 Å². The van der Waals surface area contributed by atoms with Crippen LogP contribution in [0.25, 0.3) is 10.8 Å². The van der Waals surface area contributed by atoms with Crippen molar-refractivity contribution in [2.75, 3.05) is 24.0 Å². The van der Waals surface area contributed by atoms with Crippen LogP contribution >= 0.6 is 0 Å². The monoisotopic (exact) mass is 488 g/mol. The normalized spacial score (nSPS) is 11.3. The maximum absolute atomic E-state index is 13.4. The highest BCUT2D eigenvalue weighted by Gasteiger charge is 2.27. The van der Waals surface area contributed by atoms with Crippen LogP contribution in [-0.2, 0) is 14.8 Å². The van der Waals surface area contributed by atoms with E-state index in [1.807, 2.05) is 62.4 Å². The van der Waals surface area contributed by atoms with Crippen molar-refractivity contribution in [3.63, 3.8) is 0 Å². The summed E-state index contributed by atoms with van der Waals surface area (Å²) < 4.78 is 33.8. The first kappa shape index (κ1) is 24.3. The minimum absolute atomic E-state index is 0.136. The number of carbonyl (C=O) groups is 1. The van der Waals surface area contributed by atoms with Gasteiger partial charge in [0.2, 0.25) is 5.91 Å². The Hall–Kier alpha value is -3.84. The van der Waals surface area contributed by atoms with Crippen molar-refractivity contribution in [2.24, 2.45) is 0 Å². The van der Waals surface area contributed by atoms with E-state index in [1.54, 1.807) is 42.5 Å². The third-order valence-electron chi connectivity index (χ3n) is 5.60. The molecule has 0 aliphatic heterocycles. The molecule has 0 saturated heterocycles. The Balaban J connectivity index is 1.42. The molecule has 4 aromatic rings. The number of sulfonamides is 1. The lowest BCUT2D eigenvalue weighted by molar-refractivity contribution is -0.119. The topological polar surface area (TPSA) is 75.7 Å². The molecule has 0 aromatic heterocycles. The molecule has 0 bridgehead atoms. The van der Waals surface area contributed by atoms with Crippen LogP contribution in [0, 0.1) is 13.8 Å². The zero-order valence-electron chi connectivity index (χ0n) is 19.8. The molecule has 0 unspecified atom stereocenters. The highest BCUT2D eigenvalue weighted by molar-refractivity contribution is 7.92. The van der Waals surface area contributed by atoms with E-state index in [9.17, 15) is 13.2 Å². The van der Waals surface area contributed by atoms with Gasteiger partial charge in [-0.2, -0.15) is 0 Å². The molecule has 0 atom stereocenters. The quantitative estimate of drug-likeness (QED) is 0.342. The molecule has 180 valence electrons. The molecule has 0 spiro atoms. The number of hydrogen-bond donors (Lipinski definition) is 1. The molecule has 0 aliphatic carbocycles. The second-order valence-electron chi connectivity index (χ2n) is 8.37. The van der Waals surface area contributed by atoms with Gasteiger partial charge in [0.05, 0.1) is 17.1 Å². The van der Waals surface area contributed by atoms with E-state index in [2.05, 4.69) is 5.32 Å². The fourth-order valence-electron chi connectivity index (χ4n) is 3.74. The molecule has 4 rings (SSSR count). The number of nitrogens with zero attached hydrogens (tertiary/aromatic N) is 1. The number of aryl methyl sites for hydroxylation is 2. The van der Waals surface area contributed by atoms with Gasteiger partial charge in [-0.1, -0.05) is 60.2 Å². The van der Waals surface area contributed by atoms with Crippen LogP contribution in [0.3, 0.4) is 0 Å². The Morgan fingerprint density at radius 3 is 2.31 bits per heavy atom. The molecule has 0 fully saturated rings. The molecular formula is C28H28N2O4S. The van der Waals surface area contributed by atoms with Crippen LogP contribution in [0.5, 0.6) is 5.75 Å². The largest absolute Gasteiger partial charge is 0.492 e. The average Bonchev–Trinajstić information content (AvgIpc) is 2.85. The molecule has 6 nitrogen and oxygen atoms in total. The number of nitrogens with one attached hydrogen (secondary N) is 1. The second kappa shape index (κ2) is 10.6. The Bertz CT molecular complexity index is 1430. The standard InChI is InChI=1S/C28H28N2O4S/c1-21-10-14-27(15-11-21)35(32,33)30(25-9-5-6-22(2)18-25)20-28(31)29-16-17-34-26-13-12-23-7-3-4-8-24(23)19-26/h3-15,18-19H,16-17,20H2,1-2H3,(H,29,31). The van der Waals surface area contributed by atoms with Gasteiger partial charge in [-0.25, -0.2) is 8.42 Å². The zero-order valence-corrected chi connectivity index (χ0v) is 20.6. The third-order valence-corrected chi connectivity index (χ3v) is 7.39. The number of carbonyl (C=O) groups excluding carboxylic acids is 1. The lowest BCUT2D eigenvalue weighted by Crippen LogP contribution is -2.42. The first-order chi connectivity index (χ1) is 16.8. The number of anilines is 1. The first-order valence-electron chi connectivity index (χ1n) is 11.4. The van der Waals surface area contributed by atoms with E-state index in [1.165, 1.54) is 0 Å². The Morgan fingerprint density at radius 2 is 1.57 bits per heavy atom. The third kappa shape index (κ3) is 6.00. The van der Waals surface area contributed by atoms with Crippen LogP contribution in [0.2, 0.25) is 0 Å². The fraction of sp³-hybridized carbons (Fsp3) is 0.179. The predicted octanol–water partition coefficient (Wildman–Crippen LogP) is 4.85. The van der Waals surface area contributed by atoms with E-state index in [4.69, 9.17) is 4.74 Å². The minimum atomic E-state index is -3.94. The van der Waals surface area contributed by atoms with Crippen LogP contribution in [-0.4, -0.2) is 34.0 Å². The van der Waals surface area contributed by atoms with Crippen molar-refractivity contribution in [1.29, 1.82) is 0 Å². The molecule has 4 aromatic carbocycles. The van der Waals surface area contributed by atoms with Crippen molar-refractivity contribution in [3.05, 3.63) is 102 Å². The molecule has 7 heteroatoms. The smallest absolute Gasteiger partial charge is 0.264 e. The van der Waals surface area contributed by atoms with Gasteiger partial charge >= 0.3 is 0 Å². The second-order valence-corrected chi connectivity index (χ2v) is 10.2. The summed E-state index contributed by atoms with van der Waals surface area (Å²) in [6.45, 7) is 3.94. The van der Waals surface area contributed by atoms with Gasteiger partial charge in [0.25, 0.3) is 10.0 Å². The molecule has 0 heterocycles. The fourth-order valence-corrected chi connectivity index (χ4v) is 5.15. The van der Waals surface area contributed by atoms with Crippen LogP contribution in [0.4, 0.5) is 5.69 Å². The Labute approximate surface area is 206 Å². The number of rotatable bonds is 9. The molecule has 0 aliphatic rings. The molecule has 1 N–H and O–H groups in total. The maximum atomic E-state index is 13.4. The molecular weight excluding hydrogens is 460 g/mol. The van der Waals surface area contributed by atoms with Crippen LogP contribution in [0.1, 0.15) is 11.1 Å². The van der Waals surface area contributed by atoms with Crippen molar-refractivity contribution in [2.45, 2.75) is 18.7 Å². The number of amides is 1. The van der Waals surface area contributed by atoms with Crippen LogP contribution < -0.4 is 14.4 Å². The maximum Gasteiger partial charge on any atom is 0.264 e. The molecule has 0 radical (unpaired) electrons. The highest BCUT2D eigenvalue weighted by atomic mass is 32.2. The van der Waals surface area contributed by atoms with Crippen molar-refractivity contribution < 1.29 is 17.9 Å².